The average molecular weight is 214 g/mol. The molecule has 1 heterocycles. The zero-order valence-electron chi connectivity index (χ0n) is 10.6. The highest BCUT2D eigenvalue weighted by Crippen LogP contribution is 2.19. The van der Waals surface area contributed by atoms with Crippen molar-refractivity contribution in [2.75, 3.05) is 33.8 Å². The molecule has 1 rings (SSSR count). The summed E-state index contributed by atoms with van der Waals surface area (Å²) >= 11 is 0. The Labute approximate surface area is 94.2 Å². The molecule has 2 unspecified atom stereocenters. The van der Waals surface area contributed by atoms with Crippen molar-refractivity contribution in [1.82, 2.24) is 10.2 Å². The van der Waals surface area contributed by atoms with Crippen LogP contribution in [0.2, 0.25) is 0 Å². The van der Waals surface area contributed by atoms with Crippen LogP contribution in [0.5, 0.6) is 0 Å². The van der Waals surface area contributed by atoms with E-state index in [1.165, 1.54) is 32.5 Å². The van der Waals surface area contributed by atoms with Crippen molar-refractivity contribution in [2.45, 2.75) is 38.8 Å². The van der Waals surface area contributed by atoms with Gasteiger partial charge in [0, 0.05) is 13.2 Å². The first-order chi connectivity index (χ1) is 7.19. The normalized spacial score (nSPS) is 24.0. The second kappa shape index (κ2) is 6.46. The van der Waals surface area contributed by atoms with Gasteiger partial charge in [-0.25, -0.2) is 0 Å². The fraction of sp³-hybridized carbons (Fsp3) is 1.00. The topological polar surface area (TPSA) is 24.5 Å². The Morgan fingerprint density at radius 2 is 1.93 bits per heavy atom. The highest BCUT2D eigenvalue weighted by atomic mass is 16.5. The predicted molar refractivity (Wildman–Crippen MR) is 64.2 cm³/mol. The number of likely N-dealkylation sites (tertiary alicyclic amines) is 1. The summed E-state index contributed by atoms with van der Waals surface area (Å²) < 4.78 is 5.39. The van der Waals surface area contributed by atoms with Crippen LogP contribution in [0, 0.1) is 5.92 Å². The van der Waals surface area contributed by atoms with Crippen LogP contribution in [0.3, 0.4) is 0 Å². The molecule has 0 aromatic carbocycles. The second-order valence-corrected chi connectivity index (χ2v) is 4.72. The summed E-state index contributed by atoms with van der Waals surface area (Å²) in [4.78, 5) is 2.56. The summed E-state index contributed by atoms with van der Waals surface area (Å²) in [7, 11) is 3.84. The third-order valence-corrected chi connectivity index (χ3v) is 3.77. The van der Waals surface area contributed by atoms with Crippen LogP contribution in [0.4, 0.5) is 0 Å². The number of hydrogen-bond acceptors (Lipinski definition) is 3. The first kappa shape index (κ1) is 12.9. The highest BCUT2D eigenvalue weighted by Gasteiger charge is 2.25. The van der Waals surface area contributed by atoms with Gasteiger partial charge in [-0.15, -0.1) is 0 Å². The zero-order valence-corrected chi connectivity index (χ0v) is 10.6. The van der Waals surface area contributed by atoms with E-state index in [1.807, 2.05) is 7.05 Å². The Hall–Kier alpha value is -0.120. The zero-order chi connectivity index (χ0) is 11.3. The van der Waals surface area contributed by atoms with E-state index >= 15 is 0 Å². The Bertz CT molecular complexity index is 167. The molecular weight excluding hydrogens is 188 g/mol. The quantitative estimate of drug-likeness (QED) is 0.747. The minimum atomic E-state index is 0.339. The van der Waals surface area contributed by atoms with Gasteiger partial charge in [-0.05, 0) is 59.3 Å². The Balaban J connectivity index is 2.30. The van der Waals surface area contributed by atoms with Gasteiger partial charge in [0.05, 0.1) is 6.10 Å². The summed E-state index contributed by atoms with van der Waals surface area (Å²) in [6.07, 6.45) is 2.98. The van der Waals surface area contributed by atoms with Gasteiger partial charge in [0.25, 0.3) is 0 Å². The molecule has 0 bridgehead atoms. The maximum atomic E-state index is 5.39. The molecule has 3 heteroatoms. The molecule has 0 aromatic heterocycles. The van der Waals surface area contributed by atoms with Crippen LogP contribution in [-0.4, -0.2) is 50.8 Å². The molecule has 1 aliphatic heterocycles. The van der Waals surface area contributed by atoms with Crippen molar-refractivity contribution in [3.8, 4) is 0 Å². The molecule has 3 nitrogen and oxygen atoms in total. The second-order valence-electron chi connectivity index (χ2n) is 4.72. The number of piperidine rings is 1. The number of rotatable bonds is 5. The molecule has 0 spiro atoms. The van der Waals surface area contributed by atoms with Crippen LogP contribution in [0.1, 0.15) is 26.7 Å². The first-order valence-electron chi connectivity index (χ1n) is 6.10. The maximum Gasteiger partial charge on any atom is 0.0695 e. The first-order valence-corrected chi connectivity index (χ1v) is 6.10. The standard InChI is InChI=1S/C12H26N2O/c1-10(11(2)15-4)14-7-5-12(6-8-14)9-13-3/h10-13H,5-9H2,1-4H3. The van der Waals surface area contributed by atoms with E-state index in [2.05, 4.69) is 24.1 Å². The van der Waals surface area contributed by atoms with Crippen LogP contribution in [-0.2, 0) is 4.74 Å². The molecule has 0 radical (unpaired) electrons. The lowest BCUT2D eigenvalue weighted by molar-refractivity contribution is 0.0188. The van der Waals surface area contributed by atoms with Crippen molar-refractivity contribution in [1.29, 1.82) is 0 Å². The van der Waals surface area contributed by atoms with Gasteiger partial charge in [0.1, 0.15) is 0 Å². The Morgan fingerprint density at radius 3 is 2.40 bits per heavy atom. The minimum Gasteiger partial charge on any atom is -0.380 e. The van der Waals surface area contributed by atoms with Gasteiger partial charge >= 0.3 is 0 Å². The molecule has 1 fully saturated rings. The van der Waals surface area contributed by atoms with Crippen molar-refractivity contribution in [2.24, 2.45) is 5.92 Å². The van der Waals surface area contributed by atoms with Crippen molar-refractivity contribution in [3.63, 3.8) is 0 Å². The molecule has 1 aliphatic rings. The number of nitrogens with one attached hydrogen (secondary N) is 1. The maximum absolute atomic E-state index is 5.39. The SMILES string of the molecule is CNCC1CCN(C(C)C(C)OC)CC1. The van der Waals surface area contributed by atoms with Crippen LogP contribution >= 0.6 is 0 Å². The number of hydrogen-bond donors (Lipinski definition) is 1. The average Bonchev–Trinajstić information content (AvgIpc) is 2.28. The number of nitrogens with zero attached hydrogens (tertiary/aromatic N) is 1. The summed E-state index contributed by atoms with van der Waals surface area (Å²) in [5, 5.41) is 3.27. The Kier molecular flexibility index (Phi) is 5.58. The minimum absolute atomic E-state index is 0.339. The van der Waals surface area contributed by atoms with Crippen LogP contribution in [0.25, 0.3) is 0 Å². The summed E-state index contributed by atoms with van der Waals surface area (Å²) in [5.74, 6) is 0.872. The molecular formula is C12H26N2O. The highest BCUT2D eigenvalue weighted by molar-refractivity contribution is 4.79. The summed E-state index contributed by atoms with van der Waals surface area (Å²) in [6.45, 7) is 8.04. The number of ether oxygens (including phenoxy) is 1. The van der Waals surface area contributed by atoms with Gasteiger partial charge in [0.15, 0.2) is 0 Å². The van der Waals surface area contributed by atoms with Crippen LogP contribution in [0.15, 0.2) is 0 Å². The number of methoxy groups -OCH3 is 1. The summed E-state index contributed by atoms with van der Waals surface area (Å²) in [6, 6.07) is 0.547. The lowest BCUT2D eigenvalue weighted by atomic mass is 9.95. The molecule has 0 saturated carbocycles. The molecule has 90 valence electrons. The van der Waals surface area contributed by atoms with Crippen molar-refractivity contribution in [3.05, 3.63) is 0 Å². The van der Waals surface area contributed by atoms with E-state index in [0.29, 0.717) is 12.1 Å². The third kappa shape index (κ3) is 3.74. The molecule has 0 amide bonds. The molecule has 0 aromatic rings. The van der Waals surface area contributed by atoms with E-state index in [-0.39, 0.29) is 0 Å². The van der Waals surface area contributed by atoms with Crippen LogP contribution < -0.4 is 5.32 Å². The smallest absolute Gasteiger partial charge is 0.0695 e. The van der Waals surface area contributed by atoms with E-state index < -0.39 is 0 Å². The van der Waals surface area contributed by atoms with Gasteiger partial charge < -0.3 is 10.1 Å². The molecule has 1 saturated heterocycles. The van der Waals surface area contributed by atoms with E-state index in [9.17, 15) is 0 Å². The van der Waals surface area contributed by atoms with E-state index in [1.54, 1.807) is 7.11 Å². The molecule has 15 heavy (non-hydrogen) atoms. The largest absolute Gasteiger partial charge is 0.380 e. The fourth-order valence-electron chi connectivity index (χ4n) is 2.35. The van der Waals surface area contributed by atoms with Crippen molar-refractivity contribution < 1.29 is 4.74 Å². The van der Waals surface area contributed by atoms with Crippen molar-refractivity contribution >= 4 is 0 Å². The Morgan fingerprint density at radius 1 is 1.33 bits per heavy atom. The van der Waals surface area contributed by atoms with E-state index in [4.69, 9.17) is 4.74 Å². The third-order valence-electron chi connectivity index (χ3n) is 3.77. The van der Waals surface area contributed by atoms with Gasteiger partial charge in [-0.1, -0.05) is 0 Å². The molecule has 2 atom stereocenters. The summed E-state index contributed by atoms with van der Waals surface area (Å²) in [5.41, 5.74) is 0. The predicted octanol–water partition coefficient (Wildman–Crippen LogP) is 1.34. The van der Waals surface area contributed by atoms with Gasteiger partial charge in [0.2, 0.25) is 0 Å². The van der Waals surface area contributed by atoms with Gasteiger partial charge in [-0.2, -0.15) is 0 Å². The molecule has 0 aliphatic carbocycles. The lowest BCUT2D eigenvalue weighted by Gasteiger charge is -2.38. The fourth-order valence-corrected chi connectivity index (χ4v) is 2.35. The van der Waals surface area contributed by atoms with Gasteiger partial charge in [-0.3, -0.25) is 4.90 Å². The molecule has 1 N–H and O–H groups in total. The lowest BCUT2D eigenvalue weighted by Crippen LogP contribution is -2.46. The monoisotopic (exact) mass is 214 g/mol. The van der Waals surface area contributed by atoms with E-state index in [0.717, 1.165) is 5.92 Å².